The summed E-state index contributed by atoms with van der Waals surface area (Å²) in [5, 5.41) is 6.19. The molecule has 148 valence electrons. The van der Waals surface area contributed by atoms with E-state index in [1.165, 1.54) is 0 Å². The van der Waals surface area contributed by atoms with Crippen molar-refractivity contribution in [3.05, 3.63) is 71.2 Å². The zero-order valence-electron chi connectivity index (χ0n) is 16.4. The maximum Gasteiger partial charge on any atom is 0.274 e. The Labute approximate surface area is 169 Å². The number of amides is 1. The molecule has 1 aliphatic rings. The number of anilines is 2. The van der Waals surface area contributed by atoms with Gasteiger partial charge in [-0.3, -0.25) is 4.79 Å². The lowest BCUT2D eigenvalue weighted by Crippen LogP contribution is -2.16. The summed E-state index contributed by atoms with van der Waals surface area (Å²) in [7, 11) is 0. The van der Waals surface area contributed by atoms with E-state index in [9.17, 15) is 4.79 Å². The van der Waals surface area contributed by atoms with Crippen molar-refractivity contribution < 1.29 is 14.3 Å². The topological polar surface area (TPSA) is 85.4 Å². The van der Waals surface area contributed by atoms with E-state index in [0.717, 1.165) is 34.7 Å². The van der Waals surface area contributed by atoms with Crippen molar-refractivity contribution in [2.45, 2.75) is 26.8 Å². The van der Waals surface area contributed by atoms with E-state index in [0.29, 0.717) is 23.9 Å². The number of hydrogen-bond acceptors (Lipinski definition) is 6. The van der Waals surface area contributed by atoms with Gasteiger partial charge in [-0.1, -0.05) is 31.2 Å². The van der Waals surface area contributed by atoms with Gasteiger partial charge in [0, 0.05) is 18.3 Å². The summed E-state index contributed by atoms with van der Waals surface area (Å²) in [4.78, 5) is 21.4. The van der Waals surface area contributed by atoms with Crippen molar-refractivity contribution in [3.63, 3.8) is 0 Å². The van der Waals surface area contributed by atoms with Crippen LogP contribution in [0.1, 0.15) is 34.4 Å². The molecular formula is C22H22N4O3. The molecule has 1 aliphatic heterocycles. The molecule has 1 amide bonds. The highest BCUT2D eigenvalue weighted by Gasteiger charge is 2.14. The van der Waals surface area contributed by atoms with Crippen molar-refractivity contribution in [1.82, 2.24) is 9.97 Å². The third-order valence-electron chi connectivity index (χ3n) is 4.63. The highest BCUT2D eigenvalue weighted by molar-refractivity contribution is 6.03. The van der Waals surface area contributed by atoms with Crippen molar-refractivity contribution >= 4 is 17.4 Å². The van der Waals surface area contributed by atoms with Crippen molar-refractivity contribution in [2.75, 3.05) is 17.4 Å². The standard InChI is InChI=1S/C22H22N4O3/c1-3-16-6-4-5-7-17(16)26-22(27)18-11-21(25-14(2)24-18)23-12-15-8-9-19-20(10-15)29-13-28-19/h4-11H,3,12-13H2,1-2H3,(H,26,27)(H,23,24,25). The van der Waals surface area contributed by atoms with Gasteiger partial charge in [0.15, 0.2) is 11.5 Å². The number of aromatic nitrogens is 2. The highest BCUT2D eigenvalue weighted by atomic mass is 16.7. The highest BCUT2D eigenvalue weighted by Crippen LogP contribution is 2.32. The van der Waals surface area contributed by atoms with Crippen LogP contribution in [0.5, 0.6) is 11.5 Å². The fourth-order valence-corrected chi connectivity index (χ4v) is 3.16. The molecule has 0 atom stereocenters. The van der Waals surface area contributed by atoms with Crippen LogP contribution in [-0.4, -0.2) is 22.7 Å². The summed E-state index contributed by atoms with van der Waals surface area (Å²) < 4.78 is 10.7. The van der Waals surface area contributed by atoms with Crippen LogP contribution in [0.2, 0.25) is 0 Å². The molecule has 7 heteroatoms. The molecule has 2 heterocycles. The lowest BCUT2D eigenvalue weighted by Gasteiger charge is -2.11. The smallest absolute Gasteiger partial charge is 0.274 e. The van der Waals surface area contributed by atoms with Crippen LogP contribution in [0.3, 0.4) is 0 Å². The lowest BCUT2D eigenvalue weighted by molar-refractivity contribution is 0.102. The van der Waals surface area contributed by atoms with Crippen molar-refractivity contribution in [3.8, 4) is 11.5 Å². The summed E-state index contributed by atoms with van der Waals surface area (Å²) >= 11 is 0. The second-order valence-electron chi connectivity index (χ2n) is 6.69. The van der Waals surface area contributed by atoms with E-state index in [4.69, 9.17) is 9.47 Å². The second-order valence-corrected chi connectivity index (χ2v) is 6.69. The number of ether oxygens (including phenoxy) is 2. The van der Waals surface area contributed by atoms with E-state index < -0.39 is 0 Å². The number of carbonyl (C=O) groups excluding carboxylic acids is 1. The number of nitrogens with zero attached hydrogens (tertiary/aromatic N) is 2. The average molecular weight is 390 g/mol. The van der Waals surface area contributed by atoms with E-state index in [1.54, 1.807) is 13.0 Å². The molecule has 2 N–H and O–H groups in total. The monoisotopic (exact) mass is 390 g/mol. The summed E-state index contributed by atoms with van der Waals surface area (Å²) in [6.45, 7) is 4.60. The first kappa shape index (κ1) is 18.7. The molecule has 2 aromatic carbocycles. The molecule has 3 aromatic rings. The number of carbonyl (C=O) groups is 1. The summed E-state index contributed by atoms with van der Waals surface area (Å²) in [6, 6.07) is 15.2. The number of para-hydroxylation sites is 1. The van der Waals surface area contributed by atoms with Crippen LogP contribution in [0.15, 0.2) is 48.5 Å². The van der Waals surface area contributed by atoms with Gasteiger partial charge in [0.05, 0.1) is 0 Å². The Balaban J connectivity index is 1.47. The molecular weight excluding hydrogens is 368 g/mol. The van der Waals surface area contributed by atoms with Gasteiger partial charge in [-0.25, -0.2) is 9.97 Å². The van der Waals surface area contributed by atoms with Crippen LogP contribution in [-0.2, 0) is 13.0 Å². The van der Waals surface area contributed by atoms with E-state index in [1.807, 2.05) is 42.5 Å². The van der Waals surface area contributed by atoms with Crippen LogP contribution >= 0.6 is 0 Å². The van der Waals surface area contributed by atoms with Gasteiger partial charge in [0.1, 0.15) is 17.3 Å². The molecule has 0 bridgehead atoms. The van der Waals surface area contributed by atoms with Gasteiger partial charge >= 0.3 is 0 Å². The zero-order valence-corrected chi connectivity index (χ0v) is 16.4. The minimum absolute atomic E-state index is 0.247. The Kier molecular flexibility index (Phi) is 5.29. The molecule has 0 saturated carbocycles. The Morgan fingerprint density at radius 3 is 2.76 bits per heavy atom. The maximum atomic E-state index is 12.7. The average Bonchev–Trinajstić information content (AvgIpc) is 3.20. The van der Waals surface area contributed by atoms with Gasteiger partial charge in [-0.05, 0) is 42.7 Å². The second kappa shape index (κ2) is 8.18. The zero-order chi connectivity index (χ0) is 20.2. The van der Waals surface area contributed by atoms with Crippen LogP contribution < -0.4 is 20.1 Å². The molecule has 0 saturated heterocycles. The van der Waals surface area contributed by atoms with Crippen molar-refractivity contribution in [1.29, 1.82) is 0 Å². The Hall–Kier alpha value is -3.61. The Morgan fingerprint density at radius 1 is 1.07 bits per heavy atom. The Bertz CT molecular complexity index is 1050. The molecule has 0 unspecified atom stereocenters. The molecule has 0 spiro atoms. The van der Waals surface area contributed by atoms with Gasteiger partial charge in [-0.15, -0.1) is 0 Å². The van der Waals surface area contributed by atoms with E-state index in [-0.39, 0.29) is 12.7 Å². The first-order valence-corrected chi connectivity index (χ1v) is 9.49. The first-order valence-electron chi connectivity index (χ1n) is 9.49. The predicted molar refractivity (Wildman–Crippen MR) is 110 cm³/mol. The van der Waals surface area contributed by atoms with Gasteiger partial charge in [0.25, 0.3) is 5.91 Å². The van der Waals surface area contributed by atoms with Gasteiger partial charge in [-0.2, -0.15) is 0 Å². The molecule has 0 aliphatic carbocycles. The van der Waals surface area contributed by atoms with Gasteiger partial charge < -0.3 is 20.1 Å². The van der Waals surface area contributed by atoms with Crippen LogP contribution in [0, 0.1) is 6.92 Å². The summed E-state index contributed by atoms with van der Waals surface area (Å²) in [5.74, 6) is 2.33. The SMILES string of the molecule is CCc1ccccc1NC(=O)c1cc(NCc2ccc3c(c2)OCO3)nc(C)n1. The third-order valence-corrected chi connectivity index (χ3v) is 4.63. The number of nitrogens with one attached hydrogen (secondary N) is 2. The molecule has 7 nitrogen and oxygen atoms in total. The minimum atomic E-state index is -0.262. The number of hydrogen-bond donors (Lipinski definition) is 2. The van der Waals surface area contributed by atoms with E-state index in [2.05, 4.69) is 27.5 Å². The summed E-state index contributed by atoms with van der Waals surface area (Å²) in [6.07, 6.45) is 0.835. The quantitative estimate of drug-likeness (QED) is 0.663. The normalized spacial score (nSPS) is 11.9. The molecule has 0 fully saturated rings. The number of rotatable bonds is 6. The molecule has 1 aromatic heterocycles. The third kappa shape index (κ3) is 4.29. The summed E-state index contributed by atoms with van der Waals surface area (Å²) in [5.41, 5.74) is 3.21. The van der Waals surface area contributed by atoms with Crippen LogP contribution in [0.25, 0.3) is 0 Å². The lowest BCUT2D eigenvalue weighted by atomic mass is 10.1. The fourth-order valence-electron chi connectivity index (χ4n) is 3.16. The van der Waals surface area contributed by atoms with Crippen LogP contribution in [0.4, 0.5) is 11.5 Å². The number of benzene rings is 2. The predicted octanol–water partition coefficient (Wildman–Crippen LogP) is 3.94. The Morgan fingerprint density at radius 2 is 1.90 bits per heavy atom. The molecule has 4 rings (SSSR count). The molecule has 0 radical (unpaired) electrons. The van der Waals surface area contributed by atoms with Crippen molar-refractivity contribution in [2.24, 2.45) is 0 Å². The number of fused-ring (bicyclic) bond motifs is 1. The first-order chi connectivity index (χ1) is 14.1. The van der Waals surface area contributed by atoms with Gasteiger partial charge in [0.2, 0.25) is 6.79 Å². The molecule has 29 heavy (non-hydrogen) atoms. The number of aryl methyl sites for hydroxylation is 2. The maximum absolute atomic E-state index is 12.7. The fraction of sp³-hybridized carbons (Fsp3) is 0.227. The van der Waals surface area contributed by atoms with E-state index >= 15 is 0 Å². The minimum Gasteiger partial charge on any atom is -0.454 e. The largest absolute Gasteiger partial charge is 0.454 e.